The van der Waals surface area contributed by atoms with Crippen LogP contribution in [0.25, 0.3) is 0 Å². The van der Waals surface area contributed by atoms with Crippen LogP contribution in [0.5, 0.6) is 0 Å². The molecular weight excluding hydrogens is 280 g/mol. The number of carbonyl (C=O) groups excluding carboxylic acids is 1. The second-order valence-corrected chi connectivity index (χ2v) is 6.63. The molecule has 0 N–H and O–H groups in total. The fourth-order valence-electron chi connectivity index (χ4n) is 3.58. The van der Waals surface area contributed by atoms with Crippen molar-refractivity contribution >= 4 is 5.91 Å². The summed E-state index contributed by atoms with van der Waals surface area (Å²) in [6.07, 6.45) is 3.89. The minimum atomic E-state index is 0.145. The summed E-state index contributed by atoms with van der Waals surface area (Å²) in [4.78, 5) is 17.1. The third-order valence-electron chi connectivity index (χ3n) is 4.63. The Morgan fingerprint density at radius 2 is 1.91 bits per heavy atom. The molecule has 1 amide bonds. The lowest BCUT2D eigenvalue weighted by Gasteiger charge is -2.39. The van der Waals surface area contributed by atoms with Crippen molar-refractivity contribution in [3.8, 4) is 0 Å². The summed E-state index contributed by atoms with van der Waals surface area (Å²) in [7, 11) is 0. The van der Waals surface area contributed by atoms with Crippen LogP contribution < -0.4 is 0 Å². The number of piperidine rings is 1. The third kappa shape index (κ3) is 3.70. The van der Waals surface area contributed by atoms with Crippen molar-refractivity contribution in [1.82, 2.24) is 9.80 Å². The lowest BCUT2D eigenvalue weighted by atomic mass is 9.94. The van der Waals surface area contributed by atoms with Crippen LogP contribution in [-0.4, -0.2) is 54.1 Å². The molecule has 0 saturated carbocycles. The zero-order valence-electron chi connectivity index (χ0n) is 13.5. The second kappa shape index (κ2) is 6.84. The maximum atomic E-state index is 12.7. The molecule has 0 spiro atoms. The van der Waals surface area contributed by atoms with Gasteiger partial charge in [-0.05, 0) is 51.9 Å². The maximum absolute atomic E-state index is 12.7. The van der Waals surface area contributed by atoms with E-state index in [9.17, 15) is 4.79 Å². The number of nitrogens with zero attached hydrogens (tertiary/aromatic N) is 2. The SMILES string of the molecule is CC1CN(C(=O)C2CCN(Cc3ccco3)CC2)CC(C)O1. The molecule has 1 aromatic heterocycles. The first-order valence-corrected chi connectivity index (χ1v) is 8.31. The van der Waals surface area contributed by atoms with Gasteiger partial charge in [0.2, 0.25) is 5.91 Å². The predicted molar refractivity (Wildman–Crippen MR) is 83.3 cm³/mol. The number of hydrogen-bond acceptors (Lipinski definition) is 4. The molecule has 0 aliphatic carbocycles. The topological polar surface area (TPSA) is 45.9 Å². The van der Waals surface area contributed by atoms with Crippen LogP contribution in [0.4, 0.5) is 0 Å². The van der Waals surface area contributed by atoms with Gasteiger partial charge < -0.3 is 14.1 Å². The fraction of sp³-hybridized carbons (Fsp3) is 0.706. The van der Waals surface area contributed by atoms with Gasteiger partial charge in [0.25, 0.3) is 0 Å². The zero-order valence-corrected chi connectivity index (χ0v) is 13.5. The molecule has 122 valence electrons. The Hall–Kier alpha value is -1.33. The molecule has 3 rings (SSSR count). The van der Waals surface area contributed by atoms with Crippen LogP contribution in [0, 0.1) is 5.92 Å². The highest BCUT2D eigenvalue weighted by Crippen LogP contribution is 2.23. The Balaban J connectivity index is 1.49. The molecule has 1 aromatic rings. The van der Waals surface area contributed by atoms with Crippen molar-refractivity contribution in [2.75, 3.05) is 26.2 Å². The van der Waals surface area contributed by atoms with E-state index >= 15 is 0 Å². The molecule has 0 bridgehead atoms. The van der Waals surface area contributed by atoms with Gasteiger partial charge in [-0.15, -0.1) is 0 Å². The molecule has 2 saturated heterocycles. The average molecular weight is 306 g/mol. The summed E-state index contributed by atoms with van der Waals surface area (Å²) in [6.45, 7) is 8.33. The highest BCUT2D eigenvalue weighted by atomic mass is 16.5. The third-order valence-corrected chi connectivity index (χ3v) is 4.63. The van der Waals surface area contributed by atoms with Gasteiger partial charge in [0, 0.05) is 19.0 Å². The highest BCUT2D eigenvalue weighted by molar-refractivity contribution is 5.79. The molecule has 2 aliphatic heterocycles. The molecule has 0 radical (unpaired) electrons. The van der Waals surface area contributed by atoms with Gasteiger partial charge in [0.15, 0.2) is 0 Å². The van der Waals surface area contributed by atoms with Crippen LogP contribution in [0.2, 0.25) is 0 Å². The van der Waals surface area contributed by atoms with E-state index in [1.807, 2.05) is 30.9 Å². The standard InChI is InChI=1S/C17H26N2O3/c1-13-10-19(11-14(2)22-13)17(20)15-5-7-18(8-6-15)12-16-4-3-9-21-16/h3-4,9,13-15H,5-8,10-12H2,1-2H3. The minimum Gasteiger partial charge on any atom is -0.468 e. The molecule has 2 aliphatic rings. The number of morpholine rings is 1. The summed E-state index contributed by atoms with van der Waals surface area (Å²) in [5, 5.41) is 0. The van der Waals surface area contributed by atoms with E-state index in [-0.39, 0.29) is 18.1 Å². The van der Waals surface area contributed by atoms with E-state index in [0.717, 1.165) is 51.3 Å². The first-order chi connectivity index (χ1) is 10.6. The van der Waals surface area contributed by atoms with Crippen molar-refractivity contribution in [3.05, 3.63) is 24.2 Å². The number of rotatable bonds is 3. The molecule has 5 heteroatoms. The van der Waals surface area contributed by atoms with Crippen LogP contribution in [0.15, 0.2) is 22.8 Å². The normalized spacial score (nSPS) is 28.0. The smallest absolute Gasteiger partial charge is 0.225 e. The zero-order chi connectivity index (χ0) is 15.5. The van der Waals surface area contributed by atoms with Crippen LogP contribution in [-0.2, 0) is 16.1 Å². The molecule has 3 heterocycles. The molecule has 2 atom stereocenters. The van der Waals surface area contributed by atoms with E-state index in [0.29, 0.717) is 5.91 Å². The van der Waals surface area contributed by atoms with Crippen molar-refractivity contribution < 1.29 is 13.9 Å². The van der Waals surface area contributed by atoms with Crippen molar-refractivity contribution in [3.63, 3.8) is 0 Å². The second-order valence-electron chi connectivity index (χ2n) is 6.63. The number of furan rings is 1. The number of likely N-dealkylation sites (tertiary alicyclic amines) is 1. The van der Waals surface area contributed by atoms with Gasteiger partial charge in [-0.1, -0.05) is 0 Å². The molecule has 2 fully saturated rings. The molecule has 2 unspecified atom stereocenters. The molecule has 0 aromatic carbocycles. The minimum absolute atomic E-state index is 0.145. The van der Waals surface area contributed by atoms with E-state index in [4.69, 9.17) is 9.15 Å². The van der Waals surface area contributed by atoms with Crippen LogP contribution >= 0.6 is 0 Å². The summed E-state index contributed by atoms with van der Waals surface area (Å²) in [5.74, 6) is 1.49. The fourth-order valence-corrected chi connectivity index (χ4v) is 3.58. The Bertz CT molecular complexity index is 470. The van der Waals surface area contributed by atoms with Crippen molar-refractivity contribution in [2.45, 2.75) is 45.4 Å². The number of hydrogen-bond donors (Lipinski definition) is 0. The highest BCUT2D eigenvalue weighted by Gasteiger charge is 2.32. The van der Waals surface area contributed by atoms with E-state index in [2.05, 4.69) is 4.90 Å². The number of carbonyl (C=O) groups is 1. The van der Waals surface area contributed by atoms with E-state index < -0.39 is 0 Å². The summed E-state index contributed by atoms with van der Waals surface area (Å²) >= 11 is 0. The Kier molecular flexibility index (Phi) is 4.84. The predicted octanol–water partition coefficient (Wildman–Crippen LogP) is 2.13. The number of ether oxygens (including phenoxy) is 1. The Labute approximate surface area is 132 Å². The van der Waals surface area contributed by atoms with Gasteiger partial charge in [-0.3, -0.25) is 9.69 Å². The Morgan fingerprint density at radius 3 is 2.50 bits per heavy atom. The lowest BCUT2D eigenvalue weighted by Crippen LogP contribution is -2.51. The first kappa shape index (κ1) is 15.6. The van der Waals surface area contributed by atoms with E-state index in [1.54, 1.807) is 6.26 Å². The first-order valence-electron chi connectivity index (χ1n) is 8.31. The lowest BCUT2D eigenvalue weighted by molar-refractivity contribution is -0.148. The summed E-state index contributed by atoms with van der Waals surface area (Å²) in [5.41, 5.74) is 0. The molecular formula is C17H26N2O3. The summed E-state index contributed by atoms with van der Waals surface area (Å²) < 4.78 is 11.1. The monoisotopic (exact) mass is 306 g/mol. The van der Waals surface area contributed by atoms with Gasteiger partial charge >= 0.3 is 0 Å². The van der Waals surface area contributed by atoms with Crippen LogP contribution in [0.3, 0.4) is 0 Å². The molecule has 5 nitrogen and oxygen atoms in total. The quantitative estimate of drug-likeness (QED) is 0.858. The van der Waals surface area contributed by atoms with Gasteiger partial charge in [0.05, 0.1) is 25.0 Å². The van der Waals surface area contributed by atoms with E-state index in [1.165, 1.54) is 0 Å². The van der Waals surface area contributed by atoms with Crippen LogP contribution in [0.1, 0.15) is 32.4 Å². The summed E-state index contributed by atoms with van der Waals surface area (Å²) in [6, 6.07) is 3.93. The van der Waals surface area contributed by atoms with Gasteiger partial charge in [0.1, 0.15) is 5.76 Å². The van der Waals surface area contributed by atoms with Crippen molar-refractivity contribution in [2.24, 2.45) is 5.92 Å². The largest absolute Gasteiger partial charge is 0.468 e. The average Bonchev–Trinajstić information content (AvgIpc) is 2.99. The van der Waals surface area contributed by atoms with Gasteiger partial charge in [-0.25, -0.2) is 0 Å². The van der Waals surface area contributed by atoms with Crippen molar-refractivity contribution in [1.29, 1.82) is 0 Å². The molecule has 22 heavy (non-hydrogen) atoms. The number of amides is 1. The Morgan fingerprint density at radius 1 is 1.23 bits per heavy atom. The maximum Gasteiger partial charge on any atom is 0.225 e. The van der Waals surface area contributed by atoms with Gasteiger partial charge in [-0.2, -0.15) is 0 Å².